The lowest BCUT2D eigenvalue weighted by molar-refractivity contribution is 0.0110. The summed E-state index contributed by atoms with van der Waals surface area (Å²) in [5.41, 5.74) is -0.278. The van der Waals surface area contributed by atoms with Gasteiger partial charge in [-0.2, -0.15) is 0 Å². The van der Waals surface area contributed by atoms with Gasteiger partial charge in [-0.3, -0.25) is 0 Å². The Balaban J connectivity index is 0.00000243. The van der Waals surface area contributed by atoms with E-state index in [1.807, 2.05) is 0 Å². The van der Waals surface area contributed by atoms with Crippen molar-refractivity contribution in [1.82, 2.24) is 0 Å². The molecule has 2 aliphatic carbocycles. The van der Waals surface area contributed by atoms with Crippen LogP contribution in [0.15, 0.2) is 12.1 Å². The van der Waals surface area contributed by atoms with Gasteiger partial charge in [0.15, 0.2) is 17.5 Å². The second-order valence-corrected chi connectivity index (χ2v) is 7.72. The van der Waals surface area contributed by atoms with E-state index >= 15 is 0 Å². The summed E-state index contributed by atoms with van der Waals surface area (Å²) in [6.07, 6.45) is 8.62. The van der Waals surface area contributed by atoms with Crippen molar-refractivity contribution in [2.24, 2.45) is 17.8 Å². The van der Waals surface area contributed by atoms with Crippen molar-refractivity contribution in [3.8, 4) is 0 Å². The largest absolute Gasteiger partial charge is 0.459 e. The Morgan fingerprint density at radius 3 is 1.88 bits per heavy atom. The molecule has 5 heteroatoms. The fraction of sp³-hybridized carbons (Fsp3) is 0.667. The van der Waals surface area contributed by atoms with Crippen molar-refractivity contribution >= 4 is 5.97 Å². The van der Waals surface area contributed by atoms with Gasteiger partial charge < -0.3 is 4.74 Å². The molecular formula is C21H33F3O2. The molecule has 3 rings (SSSR count). The van der Waals surface area contributed by atoms with Crippen LogP contribution in [0.3, 0.4) is 0 Å². The summed E-state index contributed by atoms with van der Waals surface area (Å²) in [4.78, 5) is 12.1. The number of rotatable bonds is 3. The third-order valence-electron chi connectivity index (χ3n) is 5.94. The first kappa shape index (κ1) is 20.8. The van der Waals surface area contributed by atoms with Gasteiger partial charge in [0.05, 0.1) is 5.56 Å². The molecule has 0 aliphatic heterocycles. The van der Waals surface area contributed by atoms with Crippen molar-refractivity contribution in [1.29, 1.82) is 0 Å². The van der Waals surface area contributed by atoms with E-state index < -0.39 is 23.4 Å². The lowest BCUT2D eigenvalue weighted by Crippen LogP contribution is -2.29. The van der Waals surface area contributed by atoms with Gasteiger partial charge >= 0.3 is 5.97 Å². The van der Waals surface area contributed by atoms with E-state index in [-0.39, 0.29) is 21.9 Å². The highest BCUT2D eigenvalue weighted by Crippen LogP contribution is 2.40. The van der Waals surface area contributed by atoms with Gasteiger partial charge in [0.25, 0.3) is 0 Å². The zero-order valence-electron chi connectivity index (χ0n) is 14.6. The summed E-state index contributed by atoms with van der Waals surface area (Å²) in [6.45, 7) is 2.31. The maximum absolute atomic E-state index is 13.2. The van der Waals surface area contributed by atoms with E-state index in [9.17, 15) is 18.0 Å². The molecule has 1 aromatic carbocycles. The van der Waals surface area contributed by atoms with Crippen LogP contribution in [0, 0.1) is 35.2 Å². The van der Waals surface area contributed by atoms with Gasteiger partial charge in [0.2, 0.25) is 0 Å². The molecule has 2 saturated carbocycles. The van der Waals surface area contributed by atoms with Crippen LogP contribution in [0.4, 0.5) is 13.2 Å². The minimum absolute atomic E-state index is 0. The number of carbonyl (C=O) groups excluding carboxylic acids is 1. The van der Waals surface area contributed by atoms with Gasteiger partial charge in [0, 0.05) is 2.85 Å². The number of hydrogen-bond acceptors (Lipinski definition) is 2. The van der Waals surface area contributed by atoms with Crippen LogP contribution in [0.25, 0.3) is 0 Å². The van der Waals surface area contributed by atoms with E-state index in [1.165, 1.54) is 25.7 Å². The molecule has 0 saturated heterocycles. The molecule has 2 nitrogen and oxygen atoms in total. The summed E-state index contributed by atoms with van der Waals surface area (Å²) in [5.74, 6) is -2.78. The molecule has 2 aliphatic rings. The Morgan fingerprint density at radius 2 is 1.38 bits per heavy atom. The molecule has 0 atom stereocenters. The average molecular weight is 374 g/mol. The zero-order valence-corrected chi connectivity index (χ0v) is 14.6. The third kappa shape index (κ3) is 4.80. The van der Waals surface area contributed by atoms with Gasteiger partial charge in [-0.05, 0) is 68.4 Å². The van der Waals surface area contributed by atoms with Gasteiger partial charge in [0.1, 0.15) is 6.10 Å². The van der Waals surface area contributed by atoms with E-state index in [0.29, 0.717) is 18.1 Å². The van der Waals surface area contributed by atoms with Crippen molar-refractivity contribution < 1.29 is 25.6 Å². The molecule has 0 bridgehead atoms. The van der Waals surface area contributed by atoms with E-state index in [4.69, 9.17) is 4.74 Å². The molecule has 26 heavy (non-hydrogen) atoms. The first-order valence-electron chi connectivity index (χ1n) is 9.29. The maximum atomic E-state index is 13.2. The van der Waals surface area contributed by atoms with Crippen LogP contribution in [0.1, 0.15) is 78.9 Å². The number of carbonyl (C=O) groups is 1. The molecule has 0 heterocycles. The second-order valence-electron chi connectivity index (χ2n) is 7.72. The Kier molecular flexibility index (Phi) is 7.13. The van der Waals surface area contributed by atoms with Crippen molar-refractivity contribution in [2.45, 2.75) is 71.8 Å². The predicted octanol–water partition coefficient (Wildman–Crippen LogP) is 6.77. The molecule has 0 unspecified atom stereocenters. The second kappa shape index (κ2) is 8.92. The minimum atomic E-state index is -1.57. The Bertz CT molecular complexity index is 603. The monoisotopic (exact) mass is 374 g/mol. The van der Waals surface area contributed by atoms with Gasteiger partial charge in [-0.15, -0.1) is 0 Å². The smallest absolute Gasteiger partial charge is 0.338 e. The minimum Gasteiger partial charge on any atom is -0.459 e. The summed E-state index contributed by atoms with van der Waals surface area (Å²) < 4.78 is 44.8. The van der Waals surface area contributed by atoms with E-state index in [1.54, 1.807) is 0 Å². The molecule has 150 valence electrons. The van der Waals surface area contributed by atoms with Crippen LogP contribution in [0.5, 0.6) is 0 Å². The molecule has 0 radical (unpaired) electrons. The Hall–Kier alpha value is -1.52. The SMILES string of the molecule is C.CC1CCC(C2CCC(OC(=O)c3cc(F)c(F)c(F)c3)CC2)CC1.[HH].[HH]. The van der Waals surface area contributed by atoms with E-state index in [2.05, 4.69) is 6.92 Å². The first-order chi connectivity index (χ1) is 11.9. The molecule has 0 spiro atoms. The fourth-order valence-corrected chi connectivity index (χ4v) is 4.33. The quantitative estimate of drug-likeness (QED) is 0.431. The lowest BCUT2D eigenvalue weighted by Gasteiger charge is -2.37. The summed E-state index contributed by atoms with van der Waals surface area (Å²) in [5, 5.41) is 0. The number of hydrogen-bond donors (Lipinski definition) is 0. The van der Waals surface area contributed by atoms with Crippen LogP contribution in [0.2, 0.25) is 0 Å². The molecule has 0 N–H and O–H groups in total. The number of ether oxygens (including phenoxy) is 1. The number of esters is 1. The molecule has 1 aromatic rings. The number of halogens is 3. The zero-order chi connectivity index (χ0) is 18.0. The fourth-order valence-electron chi connectivity index (χ4n) is 4.33. The predicted molar refractivity (Wildman–Crippen MR) is 99.6 cm³/mol. The third-order valence-corrected chi connectivity index (χ3v) is 5.94. The topological polar surface area (TPSA) is 26.3 Å². The van der Waals surface area contributed by atoms with Crippen LogP contribution in [-0.2, 0) is 4.74 Å². The Morgan fingerprint density at radius 1 is 0.923 bits per heavy atom. The standard InChI is InChI=1S/C20H25F3O2.CH4.2H2/c1-12-2-4-13(5-3-12)14-6-8-16(9-7-14)25-20(24)15-10-17(21)19(23)18(22)11-15;;;/h10-14,16H,2-9H2,1H3;1H4;2*1H. The first-order valence-corrected chi connectivity index (χ1v) is 9.29. The summed E-state index contributed by atoms with van der Waals surface area (Å²) in [7, 11) is 0. The van der Waals surface area contributed by atoms with Gasteiger partial charge in [-0.25, -0.2) is 18.0 Å². The lowest BCUT2D eigenvalue weighted by atomic mass is 9.71. The maximum Gasteiger partial charge on any atom is 0.338 e. The Labute approximate surface area is 157 Å². The molecule has 2 fully saturated rings. The van der Waals surface area contributed by atoms with Crippen molar-refractivity contribution in [3.63, 3.8) is 0 Å². The highest BCUT2D eigenvalue weighted by atomic mass is 19.2. The molecule has 0 amide bonds. The van der Waals surface area contributed by atoms with Crippen LogP contribution < -0.4 is 0 Å². The molecular weight excluding hydrogens is 341 g/mol. The van der Waals surface area contributed by atoms with Gasteiger partial charge in [-0.1, -0.05) is 27.2 Å². The van der Waals surface area contributed by atoms with Crippen LogP contribution >= 0.6 is 0 Å². The average Bonchev–Trinajstić information content (AvgIpc) is 2.60. The van der Waals surface area contributed by atoms with Crippen molar-refractivity contribution in [3.05, 3.63) is 35.1 Å². The number of benzene rings is 1. The summed E-state index contributed by atoms with van der Waals surface area (Å²) >= 11 is 0. The highest BCUT2D eigenvalue weighted by molar-refractivity contribution is 5.89. The normalized spacial score (nSPS) is 28.9. The van der Waals surface area contributed by atoms with Crippen molar-refractivity contribution in [2.75, 3.05) is 0 Å². The molecule has 0 aromatic heterocycles. The highest BCUT2D eigenvalue weighted by Gasteiger charge is 2.31. The summed E-state index contributed by atoms with van der Waals surface area (Å²) in [6, 6.07) is 1.38. The van der Waals surface area contributed by atoms with E-state index in [0.717, 1.165) is 37.5 Å². The van der Waals surface area contributed by atoms with Crippen LogP contribution in [-0.4, -0.2) is 12.1 Å².